The van der Waals surface area contributed by atoms with Crippen LogP contribution in [0.5, 0.6) is 5.75 Å². The van der Waals surface area contributed by atoms with Crippen LogP contribution in [0, 0.1) is 6.92 Å². The standard InChI is InChI=1S/C24H27N3O5S/c1-3-31-20-9-11-21(12-10-20)33(29,30)27-15-13-26(14-16-27)23(28)17-22-18(2)32-24(25-22)19-7-5-4-6-8-19/h4-12H,3,13-17H2,1-2H3. The Bertz CT molecular complexity index is 1200. The highest BCUT2D eigenvalue weighted by molar-refractivity contribution is 7.89. The van der Waals surface area contributed by atoms with E-state index in [1.807, 2.05) is 37.3 Å². The van der Waals surface area contributed by atoms with Crippen LogP contribution < -0.4 is 4.74 Å². The van der Waals surface area contributed by atoms with E-state index in [1.165, 1.54) is 4.31 Å². The fourth-order valence-corrected chi connectivity index (χ4v) is 5.17. The number of benzene rings is 2. The molecular formula is C24H27N3O5S. The fourth-order valence-electron chi connectivity index (χ4n) is 3.75. The van der Waals surface area contributed by atoms with E-state index < -0.39 is 10.0 Å². The first kappa shape index (κ1) is 23.0. The van der Waals surface area contributed by atoms with Gasteiger partial charge in [-0.25, -0.2) is 13.4 Å². The van der Waals surface area contributed by atoms with Crippen molar-refractivity contribution >= 4 is 15.9 Å². The highest BCUT2D eigenvalue weighted by Crippen LogP contribution is 2.23. The summed E-state index contributed by atoms with van der Waals surface area (Å²) < 4.78 is 38.5. The second-order valence-corrected chi connectivity index (χ2v) is 9.69. The number of oxazole rings is 1. The average molecular weight is 470 g/mol. The maximum atomic E-state index is 13.0. The van der Waals surface area contributed by atoms with Crippen LogP contribution in [0.2, 0.25) is 0 Å². The Hall–Kier alpha value is -3.17. The highest BCUT2D eigenvalue weighted by Gasteiger charge is 2.30. The molecule has 0 unspecified atom stereocenters. The number of hydrogen-bond acceptors (Lipinski definition) is 6. The molecule has 33 heavy (non-hydrogen) atoms. The summed E-state index contributed by atoms with van der Waals surface area (Å²) in [7, 11) is -3.62. The van der Waals surface area contributed by atoms with E-state index in [0.29, 0.717) is 42.8 Å². The molecule has 0 aliphatic carbocycles. The zero-order valence-electron chi connectivity index (χ0n) is 18.7. The first-order chi connectivity index (χ1) is 15.9. The number of rotatable bonds is 7. The number of aromatic nitrogens is 1. The van der Waals surface area contributed by atoms with Crippen molar-refractivity contribution in [3.8, 4) is 17.2 Å². The summed E-state index contributed by atoms with van der Waals surface area (Å²) in [5.74, 6) is 1.63. The second kappa shape index (κ2) is 9.76. The Morgan fingerprint density at radius 1 is 1.03 bits per heavy atom. The summed E-state index contributed by atoms with van der Waals surface area (Å²) in [6.07, 6.45) is 0.119. The Kier molecular flexibility index (Phi) is 6.80. The van der Waals surface area contributed by atoms with Crippen molar-refractivity contribution in [2.24, 2.45) is 0 Å². The number of piperazine rings is 1. The van der Waals surface area contributed by atoms with Gasteiger partial charge in [0.25, 0.3) is 0 Å². The van der Waals surface area contributed by atoms with Gasteiger partial charge < -0.3 is 14.1 Å². The highest BCUT2D eigenvalue weighted by atomic mass is 32.2. The lowest BCUT2D eigenvalue weighted by Crippen LogP contribution is -2.50. The van der Waals surface area contributed by atoms with Crippen LogP contribution in [0.4, 0.5) is 0 Å². The number of nitrogens with zero attached hydrogens (tertiary/aromatic N) is 3. The summed E-state index contributed by atoms with van der Waals surface area (Å²) in [6, 6.07) is 15.9. The number of aryl methyl sites for hydroxylation is 1. The molecule has 0 bridgehead atoms. The van der Waals surface area contributed by atoms with Crippen LogP contribution in [-0.2, 0) is 21.2 Å². The third-order valence-electron chi connectivity index (χ3n) is 5.60. The van der Waals surface area contributed by atoms with Crippen molar-refractivity contribution in [2.45, 2.75) is 25.2 Å². The monoisotopic (exact) mass is 469 g/mol. The Balaban J connectivity index is 1.37. The van der Waals surface area contributed by atoms with Crippen molar-refractivity contribution in [1.82, 2.24) is 14.2 Å². The Labute approximate surface area is 193 Å². The van der Waals surface area contributed by atoms with Gasteiger partial charge in [0.1, 0.15) is 11.5 Å². The van der Waals surface area contributed by atoms with Crippen molar-refractivity contribution < 1.29 is 22.4 Å². The average Bonchev–Trinajstić information content (AvgIpc) is 3.20. The van der Waals surface area contributed by atoms with Crippen LogP contribution >= 0.6 is 0 Å². The predicted molar refractivity (Wildman–Crippen MR) is 123 cm³/mol. The number of ether oxygens (including phenoxy) is 1. The molecule has 2 aromatic carbocycles. The molecule has 0 atom stereocenters. The zero-order valence-corrected chi connectivity index (χ0v) is 19.5. The van der Waals surface area contributed by atoms with E-state index in [4.69, 9.17) is 9.15 Å². The van der Waals surface area contributed by atoms with E-state index in [2.05, 4.69) is 4.98 Å². The molecule has 174 valence electrons. The molecule has 0 spiro atoms. The van der Waals surface area contributed by atoms with Gasteiger partial charge in [-0.1, -0.05) is 18.2 Å². The van der Waals surface area contributed by atoms with Gasteiger partial charge in [-0.15, -0.1) is 0 Å². The van der Waals surface area contributed by atoms with Crippen LogP contribution in [0.15, 0.2) is 63.9 Å². The van der Waals surface area contributed by atoms with Crippen molar-refractivity contribution in [3.05, 3.63) is 66.1 Å². The third-order valence-corrected chi connectivity index (χ3v) is 7.51. The van der Waals surface area contributed by atoms with Crippen LogP contribution in [0.3, 0.4) is 0 Å². The maximum Gasteiger partial charge on any atom is 0.243 e. The van der Waals surface area contributed by atoms with Crippen molar-refractivity contribution in [2.75, 3.05) is 32.8 Å². The number of hydrogen-bond donors (Lipinski definition) is 0. The molecule has 1 aromatic heterocycles. The van der Waals surface area contributed by atoms with Crippen molar-refractivity contribution in [3.63, 3.8) is 0 Å². The molecule has 2 heterocycles. The lowest BCUT2D eigenvalue weighted by molar-refractivity contribution is -0.131. The van der Waals surface area contributed by atoms with Gasteiger partial charge in [0.15, 0.2) is 0 Å². The molecule has 0 radical (unpaired) electrons. The molecule has 0 N–H and O–H groups in total. The third kappa shape index (κ3) is 5.09. The van der Waals surface area contributed by atoms with E-state index in [9.17, 15) is 13.2 Å². The SMILES string of the molecule is CCOc1ccc(S(=O)(=O)N2CCN(C(=O)Cc3nc(-c4ccccc4)oc3C)CC2)cc1. The van der Waals surface area contributed by atoms with Crippen molar-refractivity contribution in [1.29, 1.82) is 0 Å². The maximum absolute atomic E-state index is 13.0. The summed E-state index contributed by atoms with van der Waals surface area (Å²) in [5.41, 5.74) is 1.45. The van der Waals surface area contributed by atoms with E-state index in [0.717, 1.165) is 5.56 Å². The van der Waals surface area contributed by atoms with E-state index in [-0.39, 0.29) is 30.3 Å². The Morgan fingerprint density at radius 2 is 1.70 bits per heavy atom. The molecule has 4 rings (SSSR count). The lowest BCUT2D eigenvalue weighted by Gasteiger charge is -2.34. The molecule has 1 aliphatic rings. The topological polar surface area (TPSA) is 93.0 Å². The minimum atomic E-state index is -3.62. The summed E-state index contributed by atoms with van der Waals surface area (Å²) in [4.78, 5) is 19.3. The van der Waals surface area contributed by atoms with Gasteiger partial charge in [0.2, 0.25) is 21.8 Å². The molecule has 1 amide bonds. The largest absolute Gasteiger partial charge is 0.494 e. The second-order valence-electron chi connectivity index (χ2n) is 7.75. The number of carbonyl (C=O) groups is 1. The first-order valence-electron chi connectivity index (χ1n) is 10.9. The normalized spacial score (nSPS) is 14.9. The molecule has 1 fully saturated rings. The quantitative estimate of drug-likeness (QED) is 0.528. The predicted octanol–water partition coefficient (Wildman–Crippen LogP) is 3.12. The van der Waals surface area contributed by atoms with Crippen LogP contribution in [0.1, 0.15) is 18.4 Å². The number of sulfonamides is 1. The van der Waals surface area contributed by atoms with Gasteiger partial charge in [0.05, 0.1) is 23.6 Å². The van der Waals surface area contributed by atoms with E-state index >= 15 is 0 Å². The molecule has 1 aliphatic heterocycles. The minimum absolute atomic E-state index is 0.0934. The molecule has 1 saturated heterocycles. The molecule has 9 heteroatoms. The smallest absolute Gasteiger partial charge is 0.243 e. The van der Waals surface area contributed by atoms with Gasteiger partial charge in [0, 0.05) is 31.7 Å². The summed E-state index contributed by atoms with van der Waals surface area (Å²) >= 11 is 0. The molecule has 8 nitrogen and oxygen atoms in total. The molecule has 0 saturated carbocycles. The Morgan fingerprint density at radius 3 is 2.33 bits per heavy atom. The molecular weight excluding hydrogens is 442 g/mol. The van der Waals surface area contributed by atoms with Gasteiger partial charge >= 0.3 is 0 Å². The van der Waals surface area contributed by atoms with Gasteiger partial charge in [-0.2, -0.15) is 4.31 Å². The van der Waals surface area contributed by atoms with Crippen LogP contribution in [0.25, 0.3) is 11.5 Å². The minimum Gasteiger partial charge on any atom is -0.494 e. The zero-order chi connectivity index (χ0) is 23.4. The van der Waals surface area contributed by atoms with Gasteiger partial charge in [-0.3, -0.25) is 4.79 Å². The van der Waals surface area contributed by atoms with Crippen LogP contribution in [-0.4, -0.2) is 61.3 Å². The first-order valence-corrected chi connectivity index (χ1v) is 12.3. The summed E-state index contributed by atoms with van der Waals surface area (Å²) in [6.45, 7) is 5.34. The fraction of sp³-hybridized carbons (Fsp3) is 0.333. The lowest BCUT2D eigenvalue weighted by atomic mass is 10.2. The molecule has 3 aromatic rings. The van der Waals surface area contributed by atoms with Gasteiger partial charge in [-0.05, 0) is 50.2 Å². The number of carbonyl (C=O) groups excluding carboxylic acids is 1. The number of amides is 1. The van der Waals surface area contributed by atoms with E-state index in [1.54, 1.807) is 36.1 Å². The summed E-state index contributed by atoms with van der Waals surface area (Å²) in [5, 5.41) is 0.